The van der Waals surface area contributed by atoms with Crippen LogP contribution in [0, 0.1) is 0 Å². The number of rotatable bonds is 0. The van der Waals surface area contributed by atoms with Gasteiger partial charge in [-0.3, -0.25) is 0 Å². The minimum atomic E-state index is -1.25. The Balaban J connectivity index is 0.000000250. The van der Waals surface area contributed by atoms with Crippen LogP contribution in [0.25, 0.3) is 0 Å². The molecule has 1 aliphatic heterocycles. The van der Waals surface area contributed by atoms with Crippen LogP contribution in [0.5, 0.6) is 0 Å². The summed E-state index contributed by atoms with van der Waals surface area (Å²) in [5.74, 6) is -1.25. The summed E-state index contributed by atoms with van der Waals surface area (Å²) in [6.07, 6.45) is 0. The summed E-state index contributed by atoms with van der Waals surface area (Å²) < 4.78 is 0. The van der Waals surface area contributed by atoms with Crippen LogP contribution < -0.4 is 0 Å². The Hall–Kier alpha value is 0.399. The van der Waals surface area contributed by atoms with E-state index < -0.39 is 5.97 Å². The van der Waals surface area contributed by atoms with E-state index in [1.165, 1.54) is 6.92 Å². The summed E-state index contributed by atoms with van der Waals surface area (Å²) in [5.41, 5.74) is 0. The standard InChI is InChI=1S/C2H4O3.Mn/c1-2(3)4-5-2;/h3H,1H3;. The second kappa shape index (κ2) is 1.48. The third-order valence-corrected chi connectivity index (χ3v) is 0.325. The Bertz CT molecular complexity index is 46.8. The van der Waals surface area contributed by atoms with Crippen LogP contribution in [0.1, 0.15) is 6.92 Å². The van der Waals surface area contributed by atoms with Gasteiger partial charge in [0.05, 0.1) is 0 Å². The van der Waals surface area contributed by atoms with Gasteiger partial charge in [0.15, 0.2) is 0 Å². The second-order valence-electron chi connectivity index (χ2n) is 1.06. The monoisotopic (exact) mass is 131 g/mol. The van der Waals surface area contributed by atoms with Gasteiger partial charge in [-0.25, -0.2) is 0 Å². The molecule has 0 amide bonds. The van der Waals surface area contributed by atoms with Crippen LogP contribution in [0.3, 0.4) is 0 Å². The molecule has 0 bridgehead atoms. The van der Waals surface area contributed by atoms with Crippen LogP contribution in [0.2, 0.25) is 0 Å². The van der Waals surface area contributed by atoms with E-state index in [4.69, 9.17) is 5.11 Å². The molecule has 1 aliphatic rings. The molecule has 1 radical (unpaired) electrons. The molecular formula is C2H4MnO3. The van der Waals surface area contributed by atoms with Crippen molar-refractivity contribution in [3.05, 3.63) is 0 Å². The van der Waals surface area contributed by atoms with Gasteiger partial charge in [-0.2, -0.15) is 9.78 Å². The van der Waals surface area contributed by atoms with Crippen molar-refractivity contribution in [1.82, 2.24) is 0 Å². The van der Waals surface area contributed by atoms with E-state index in [-0.39, 0.29) is 17.1 Å². The van der Waals surface area contributed by atoms with Crippen LogP contribution in [0.4, 0.5) is 0 Å². The van der Waals surface area contributed by atoms with Crippen LogP contribution in [-0.4, -0.2) is 11.1 Å². The van der Waals surface area contributed by atoms with Crippen molar-refractivity contribution < 1.29 is 32.0 Å². The molecule has 3 nitrogen and oxygen atoms in total. The van der Waals surface area contributed by atoms with Crippen molar-refractivity contribution in [1.29, 1.82) is 0 Å². The van der Waals surface area contributed by atoms with E-state index in [9.17, 15) is 0 Å². The van der Waals surface area contributed by atoms with Gasteiger partial charge in [0.2, 0.25) is 0 Å². The first-order chi connectivity index (χ1) is 2.21. The zero-order valence-electron chi connectivity index (χ0n) is 3.14. The Morgan fingerprint density at radius 1 is 1.50 bits per heavy atom. The minimum Gasteiger partial charge on any atom is -0.340 e. The fourth-order valence-electron chi connectivity index (χ4n) is 0.0603. The third kappa shape index (κ3) is 1.74. The molecule has 0 unspecified atom stereocenters. The quantitative estimate of drug-likeness (QED) is 0.276. The summed E-state index contributed by atoms with van der Waals surface area (Å²) in [4.78, 5) is 7.90. The van der Waals surface area contributed by atoms with Gasteiger partial charge in [-0.15, -0.1) is 0 Å². The number of hydrogen-bond donors (Lipinski definition) is 1. The zero-order chi connectivity index (χ0) is 3.91. The van der Waals surface area contributed by atoms with Gasteiger partial charge in [0, 0.05) is 24.0 Å². The molecular weight excluding hydrogens is 127 g/mol. The molecule has 1 saturated heterocycles. The minimum absolute atomic E-state index is 0. The molecule has 0 aliphatic carbocycles. The molecule has 0 spiro atoms. The van der Waals surface area contributed by atoms with Gasteiger partial charge >= 0.3 is 5.97 Å². The van der Waals surface area contributed by atoms with E-state index >= 15 is 0 Å². The van der Waals surface area contributed by atoms with Gasteiger partial charge in [0.25, 0.3) is 0 Å². The number of aliphatic hydroxyl groups is 1. The molecule has 4 heteroatoms. The maximum absolute atomic E-state index is 8.19. The summed E-state index contributed by atoms with van der Waals surface area (Å²) in [5, 5.41) is 8.19. The van der Waals surface area contributed by atoms with E-state index in [2.05, 4.69) is 9.78 Å². The maximum Gasteiger partial charge on any atom is 0.334 e. The summed E-state index contributed by atoms with van der Waals surface area (Å²) in [6, 6.07) is 0. The Labute approximate surface area is 45.6 Å². The first-order valence-electron chi connectivity index (χ1n) is 1.30. The molecule has 0 saturated carbocycles. The number of hydrogen-bond acceptors (Lipinski definition) is 3. The molecule has 1 fully saturated rings. The normalized spacial score (nSPS) is 25.0. The van der Waals surface area contributed by atoms with Gasteiger partial charge < -0.3 is 5.11 Å². The Morgan fingerprint density at radius 2 is 1.67 bits per heavy atom. The predicted molar refractivity (Wildman–Crippen MR) is 12.8 cm³/mol. The van der Waals surface area contributed by atoms with Crippen molar-refractivity contribution in [2.45, 2.75) is 12.9 Å². The molecule has 0 aromatic heterocycles. The van der Waals surface area contributed by atoms with Crippen molar-refractivity contribution in [2.24, 2.45) is 0 Å². The van der Waals surface area contributed by atoms with E-state index in [0.717, 1.165) is 0 Å². The summed E-state index contributed by atoms with van der Waals surface area (Å²) in [6.45, 7) is 1.41. The van der Waals surface area contributed by atoms with Gasteiger partial charge in [0.1, 0.15) is 0 Å². The van der Waals surface area contributed by atoms with Crippen molar-refractivity contribution in [2.75, 3.05) is 0 Å². The predicted octanol–water partition coefficient (Wildman–Crippen LogP) is -0.388. The summed E-state index contributed by atoms with van der Waals surface area (Å²) in [7, 11) is 0. The maximum atomic E-state index is 8.19. The van der Waals surface area contributed by atoms with Crippen molar-refractivity contribution in [3.63, 3.8) is 0 Å². The Morgan fingerprint density at radius 3 is 1.67 bits per heavy atom. The molecule has 0 aromatic carbocycles. The van der Waals surface area contributed by atoms with Crippen molar-refractivity contribution in [3.8, 4) is 0 Å². The fraction of sp³-hybridized carbons (Fsp3) is 1.00. The summed E-state index contributed by atoms with van der Waals surface area (Å²) >= 11 is 0. The SMILES string of the molecule is CC1(O)OO1.[Mn]. The van der Waals surface area contributed by atoms with Gasteiger partial charge in [-0.1, -0.05) is 0 Å². The average molecular weight is 131 g/mol. The smallest absolute Gasteiger partial charge is 0.334 e. The molecule has 0 atom stereocenters. The zero-order valence-corrected chi connectivity index (χ0v) is 4.32. The van der Waals surface area contributed by atoms with Crippen LogP contribution in [-0.2, 0) is 26.8 Å². The molecule has 1 rings (SSSR count). The van der Waals surface area contributed by atoms with Crippen LogP contribution in [0.15, 0.2) is 0 Å². The first-order valence-corrected chi connectivity index (χ1v) is 1.30. The van der Waals surface area contributed by atoms with Crippen molar-refractivity contribution >= 4 is 0 Å². The van der Waals surface area contributed by atoms with Gasteiger partial charge in [-0.05, 0) is 0 Å². The fourth-order valence-corrected chi connectivity index (χ4v) is 0.0603. The largest absolute Gasteiger partial charge is 0.340 e. The third-order valence-electron chi connectivity index (χ3n) is 0.325. The molecule has 0 aromatic rings. The molecule has 37 valence electrons. The molecule has 6 heavy (non-hydrogen) atoms. The van der Waals surface area contributed by atoms with E-state index in [0.29, 0.717) is 0 Å². The molecule has 1 heterocycles. The topological polar surface area (TPSA) is 45.3 Å². The molecule has 1 N–H and O–H groups in total. The van der Waals surface area contributed by atoms with Crippen LogP contribution >= 0.6 is 0 Å². The average Bonchev–Trinajstić information content (AvgIpc) is 1.76. The first kappa shape index (κ1) is 6.40. The van der Waals surface area contributed by atoms with E-state index in [1.54, 1.807) is 0 Å². The van der Waals surface area contributed by atoms with E-state index in [1.807, 2.05) is 0 Å². The Kier molecular flexibility index (Phi) is 1.58. The second-order valence-corrected chi connectivity index (χ2v) is 1.06.